The number of hydrogen-bond acceptors (Lipinski definition) is 1. The average Bonchev–Trinajstić information content (AvgIpc) is 2.62. The lowest BCUT2D eigenvalue weighted by atomic mass is 10.0. The monoisotopic (exact) mass is 214 g/mol. The van der Waals surface area contributed by atoms with E-state index in [2.05, 4.69) is 43.1 Å². The molecule has 1 aromatic carbocycles. The smallest absolute Gasteiger partial charge is 0.0456 e. The first-order chi connectivity index (χ1) is 7.64. The fourth-order valence-corrected chi connectivity index (χ4v) is 3.10. The van der Waals surface area contributed by atoms with E-state index in [9.17, 15) is 0 Å². The Morgan fingerprint density at radius 3 is 2.81 bits per heavy atom. The van der Waals surface area contributed by atoms with Crippen LogP contribution in [0.5, 0.6) is 0 Å². The summed E-state index contributed by atoms with van der Waals surface area (Å²) in [5.41, 5.74) is 8.85. The first kappa shape index (κ1) is 9.91. The summed E-state index contributed by atoms with van der Waals surface area (Å²) in [5, 5.41) is 1.28. The molecule has 1 aromatic heterocycles. The molecule has 2 nitrogen and oxygen atoms in total. The number of aromatic amines is 1. The van der Waals surface area contributed by atoms with Crippen molar-refractivity contribution >= 4 is 10.9 Å². The number of benzene rings is 1. The standard InChI is InChI=1S/C14H18N2/c1-14(2)11(8-15)13(14)10-4-3-9-5-6-16-12(9)7-10/h3-7,11,13,16H,8,15H2,1-2H3. The SMILES string of the molecule is CC1(C)C(CN)C1c1ccc2cc[nH]c2c1. The van der Waals surface area contributed by atoms with Gasteiger partial charge in [0.2, 0.25) is 0 Å². The van der Waals surface area contributed by atoms with Crippen molar-refractivity contribution in [2.45, 2.75) is 19.8 Å². The van der Waals surface area contributed by atoms with Crippen LogP contribution in [0.15, 0.2) is 30.5 Å². The van der Waals surface area contributed by atoms with Gasteiger partial charge in [-0.15, -0.1) is 0 Å². The van der Waals surface area contributed by atoms with Crippen molar-refractivity contribution in [3.63, 3.8) is 0 Å². The van der Waals surface area contributed by atoms with Gasteiger partial charge in [0.1, 0.15) is 0 Å². The highest BCUT2D eigenvalue weighted by Crippen LogP contribution is 2.63. The Morgan fingerprint density at radius 1 is 1.31 bits per heavy atom. The predicted molar refractivity (Wildman–Crippen MR) is 67.4 cm³/mol. The molecule has 0 radical (unpaired) electrons. The summed E-state index contributed by atoms with van der Waals surface area (Å²) in [7, 11) is 0. The molecular weight excluding hydrogens is 196 g/mol. The van der Waals surface area contributed by atoms with Crippen LogP contribution in [0.3, 0.4) is 0 Å². The number of rotatable bonds is 2. The van der Waals surface area contributed by atoms with Gasteiger partial charge in [-0.3, -0.25) is 0 Å². The lowest BCUT2D eigenvalue weighted by Crippen LogP contribution is -2.05. The summed E-state index contributed by atoms with van der Waals surface area (Å²) in [4.78, 5) is 3.27. The molecule has 84 valence electrons. The average molecular weight is 214 g/mol. The Labute approximate surface area is 95.8 Å². The van der Waals surface area contributed by atoms with Crippen LogP contribution < -0.4 is 5.73 Å². The number of nitrogens with one attached hydrogen (secondary N) is 1. The van der Waals surface area contributed by atoms with Crippen molar-refractivity contribution in [2.75, 3.05) is 6.54 Å². The van der Waals surface area contributed by atoms with Gasteiger partial charge < -0.3 is 10.7 Å². The minimum atomic E-state index is 0.370. The van der Waals surface area contributed by atoms with E-state index in [-0.39, 0.29) is 0 Å². The summed E-state index contributed by atoms with van der Waals surface area (Å²) in [5.74, 6) is 1.27. The van der Waals surface area contributed by atoms with Crippen LogP contribution in [-0.4, -0.2) is 11.5 Å². The molecular formula is C14H18N2. The van der Waals surface area contributed by atoms with Crippen LogP contribution in [0.4, 0.5) is 0 Å². The van der Waals surface area contributed by atoms with Crippen molar-refractivity contribution in [2.24, 2.45) is 17.1 Å². The number of nitrogens with two attached hydrogens (primary N) is 1. The molecule has 3 N–H and O–H groups in total. The Balaban J connectivity index is 2.01. The maximum atomic E-state index is 5.82. The summed E-state index contributed by atoms with van der Waals surface area (Å²) in [6.07, 6.45) is 1.99. The first-order valence-corrected chi connectivity index (χ1v) is 5.91. The van der Waals surface area contributed by atoms with Gasteiger partial charge in [0.05, 0.1) is 0 Å². The molecule has 1 fully saturated rings. The highest BCUT2D eigenvalue weighted by Gasteiger charge is 2.57. The summed E-state index contributed by atoms with van der Waals surface area (Å²) in [6.45, 7) is 5.42. The third-order valence-electron chi connectivity index (χ3n) is 4.24. The second kappa shape index (κ2) is 3.11. The second-order valence-electron chi connectivity index (χ2n) is 5.47. The predicted octanol–water partition coefficient (Wildman–Crippen LogP) is 2.87. The number of hydrogen-bond donors (Lipinski definition) is 2. The second-order valence-corrected chi connectivity index (χ2v) is 5.47. The molecule has 3 rings (SSSR count). The molecule has 0 aliphatic heterocycles. The molecule has 1 aliphatic carbocycles. The van der Waals surface area contributed by atoms with E-state index in [4.69, 9.17) is 5.73 Å². The van der Waals surface area contributed by atoms with Crippen molar-refractivity contribution < 1.29 is 0 Å². The van der Waals surface area contributed by atoms with Crippen LogP contribution >= 0.6 is 0 Å². The van der Waals surface area contributed by atoms with E-state index in [0.717, 1.165) is 6.54 Å². The van der Waals surface area contributed by atoms with Crippen LogP contribution in [0.25, 0.3) is 10.9 Å². The summed E-state index contributed by atoms with van der Waals surface area (Å²) < 4.78 is 0. The Morgan fingerprint density at radius 2 is 2.12 bits per heavy atom. The van der Waals surface area contributed by atoms with E-state index < -0.39 is 0 Å². The lowest BCUT2D eigenvalue weighted by molar-refractivity contribution is 0.558. The van der Waals surface area contributed by atoms with Crippen LogP contribution in [0.1, 0.15) is 25.3 Å². The molecule has 1 heterocycles. The zero-order valence-corrected chi connectivity index (χ0v) is 9.83. The maximum absolute atomic E-state index is 5.82. The van der Waals surface area contributed by atoms with Gasteiger partial charge >= 0.3 is 0 Å². The molecule has 0 saturated heterocycles. The normalized spacial score (nSPS) is 27.2. The van der Waals surface area contributed by atoms with Crippen LogP contribution in [0.2, 0.25) is 0 Å². The highest BCUT2D eigenvalue weighted by molar-refractivity contribution is 5.80. The van der Waals surface area contributed by atoms with E-state index in [1.807, 2.05) is 6.20 Å². The minimum absolute atomic E-state index is 0.370. The molecule has 1 aliphatic rings. The molecule has 2 atom stereocenters. The molecule has 2 heteroatoms. The third-order valence-corrected chi connectivity index (χ3v) is 4.24. The first-order valence-electron chi connectivity index (χ1n) is 5.91. The molecule has 2 aromatic rings. The lowest BCUT2D eigenvalue weighted by Gasteiger charge is -2.03. The molecule has 2 unspecified atom stereocenters. The van der Waals surface area contributed by atoms with Crippen LogP contribution in [-0.2, 0) is 0 Å². The quantitative estimate of drug-likeness (QED) is 0.793. The summed E-state index contributed by atoms with van der Waals surface area (Å²) in [6, 6.07) is 8.83. The maximum Gasteiger partial charge on any atom is 0.0456 e. The molecule has 0 bridgehead atoms. The van der Waals surface area contributed by atoms with Gasteiger partial charge in [-0.25, -0.2) is 0 Å². The fraction of sp³-hybridized carbons (Fsp3) is 0.429. The van der Waals surface area contributed by atoms with E-state index >= 15 is 0 Å². The molecule has 1 saturated carbocycles. The minimum Gasteiger partial charge on any atom is -0.361 e. The van der Waals surface area contributed by atoms with Gasteiger partial charge in [0, 0.05) is 11.7 Å². The van der Waals surface area contributed by atoms with Crippen molar-refractivity contribution in [1.29, 1.82) is 0 Å². The Hall–Kier alpha value is -1.28. The van der Waals surface area contributed by atoms with E-state index in [0.29, 0.717) is 17.3 Å². The van der Waals surface area contributed by atoms with Gasteiger partial charge in [-0.1, -0.05) is 26.0 Å². The van der Waals surface area contributed by atoms with Crippen molar-refractivity contribution in [1.82, 2.24) is 4.98 Å². The molecule has 0 spiro atoms. The fourth-order valence-electron chi connectivity index (χ4n) is 3.10. The van der Waals surface area contributed by atoms with Gasteiger partial charge in [-0.05, 0) is 46.9 Å². The van der Waals surface area contributed by atoms with Crippen molar-refractivity contribution in [3.05, 3.63) is 36.0 Å². The van der Waals surface area contributed by atoms with Gasteiger partial charge in [0.25, 0.3) is 0 Å². The van der Waals surface area contributed by atoms with Gasteiger partial charge in [-0.2, -0.15) is 0 Å². The Kier molecular flexibility index (Phi) is 1.93. The van der Waals surface area contributed by atoms with E-state index in [1.54, 1.807) is 0 Å². The molecule has 16 heavy (non-hydrogen) atoms. The highest BCUT2D eigenvalue weighted by atomic mass is 14.7. The zero-order chi connectivity index (χ0) is 11.3. The van der Waals surface area contributed by atoms with E-state index in [1.165, 1.54) is 16.5 Å². The zero-order valence-electron chi connectivity index (χ0n) is 9.83. The largest absolute Gasteiger partial charge is 0.361 e. The summed E-state index contributed by atoms with van der Waals surface area (Å²) >= 11 is 0. The number of fused-ring (bicyclic) bond motifs is 1. The van der Waals surface area contributed by atoms with Gasteiger partial charge in [0.15, 0.2) is 0 Å². The third kappa shape index (κ3) is 1.23. The van der Waals surface area contributed by atoms with Crippen molar-refractivity contribution in [3.8, 4) is 0 Å². The topological polar surface area (TPSA) is 41.8 Å². The number of aromatic nitrogens is 1. The van der Waals surface area contributed by atoms with Crippen LogP contribution in [0, 0.1) is 11.3 Å². The number of H-pyrrole nitrogens is 1. The Bertz CT molecular complexity index is 524. The molecule has 0 amide bonds.